The van der Waals surface area contributed by atoms with E-state index in [1.54, 1.807) is 18.2 Å². The van der Waals surface area contributed by atoms with E-state index in [1.165, 1.54) is 0 Å². The quantitative estimate of drug-likeness (QED) is 0.711. The maximum atomic E-state index is 12.4. The lowest BCUT2D eigenvalue weighted by Gasteiger charge is -2.08. The van der Waals surface area contributed by atoms with E-state index in [1.807, 2.05) is 55.5 Å². The van der Waals surface area contributed by atoms with Gasteiger partial charge in [-0.15, -0.1) is 0 Å². The Balaban J connectivity index is 1.77. The van der Waals surface area contributed by atoms with Crippen molar-refractivity contribution >= 4 is 11.6 Å². The third kappa shape index (κ3) is 4.26. The van der Waals surface area contributed by atoms with Crippen LogP contribution in [0.3, 0.4) is 0 Å². The number of aromatic amines is 1. The van der Waals surface area contributed by atoms with Crippen LogP contribution in [0.25, 0.3) is 11.3 Å². The lowest BCUT2D eigenvalue weighted by molar-refractivity contribution is 0.102. The molecule has 1 heterocycles. The number of aromatic nitrogens is 1. The van der Waals surface area contributed by atoms with E-state index in [0.717, 1.165) is 11.1 Å². The van der Waals surface area contributed by atoms with Gasteiger partial charge in [-0.3, -0.25) is 9.59 Å². The van der Waals surface area contributed by atoms with Crippen molar-refractivity contribution in [3.8, 4) is 11.3 Å². The Morgan fingerprint density at radius 3 is 2.58 bits per heavy atom. The first kappa shape index (κ1) is 17.6. The molecule has 0 aliphatic carbocycles. The Labute approximate surface area is 151 Å². The van der Waals surface area contributed by atoms with E-state index < -0.39 is 11.5 Å². The van der Waals surface area contributed by atoms with Crippen LogP contribution < -0.4 is 10.9 Å². The Morgan fingerprint density at radius 1 is 1.04 bits per heavy atom. The van der Waals surface area contributed by atoms with Crippen LogP contribution in [0.4, 0.5) is 5.69 Å². The van der Waals surface area contributed by atoms with Crippen LogP contribution in [0.1, 0.15) is 22.8 Å². The maximum absolute atomic E-state index is 12.4. The zero-order valence-corrected chi connectivity index (χ0v) is 14.5. The van der Waals surface area contributed by atoms with Gasteiger partial charge in [-0.1, -0.05) is 42.5 Å². The minimum absolute atomic E-state index is 0.0693. The van der Waals surface area contributed by atoms with Crippen molar-refractivity contribution in [3.63, 3.8) is 0 Å². The van der Waals surface area contributed by atoms with Crippen LogP contribution in [0.2, 0.25) is 0 Å². The number of hydrogen-bond donors (Lipinski definition) is 2. The smallest absolute Gasteiger partial charge is 0.261 e. The van der Waals surface area contributed by atoms with Gasteiger partial charge in [0.2, 0.25) is 0 Å². The molecular formula is C21H20N2O3. The molecule has 5 nitrogen and oxygen atoms in total. The molecule has 0 spiro atoms. The van der Waals surface area contributed by atoms with Gasteiger partial charge in [0.15, 0.2) is 0 Å². The van der Waals surface area contributed by atoms with E-state index in [2.05, 4.69) is 10.3 Å². The second kappa shape index (κ2) is 8.27. The molecule has 0 fully saturated rings. The molecule has 3 aromatic rings. The number of carbonyl (C=O) groups is 1. The van der Waals surface area contributed by atoms with E-state index in [4.69, 9.17) is 4.74 Å². The van der Waals surface area contributed by atoms with Crippen LogP contribution >= 0.6 is 0 Å². The molecule has 0 atom stereocenters. The number of nitrogens with one attached hydrogen (secondary N) is 2. The van der Waals surface area contributed by atoms with Gasteiger partial charge < -0.3 is 15.0 Å². The highest BCUT2D eigenvalue weighted by Gasteiger charge is 2.12. The second-order valence-corrected chi connectivity index (χ2v) is 5.77. The predicted molar refractivity (Wildman–Crippen MR) is 102 cm³/mol. The molecule has 5 heteroatoms. The van der Waals surface area contributed by atoms with Crippen molar-refractivity contribution in [2.75, 3.05) is 11.9 Å². The summed E-state index contributed by atoms with van der Waals surface area (Å²) in [6.45, 7) is 3.03. The molecule has 0 saturated carbocycles. The fourth-order valence-electron chi connectivity index (χ4n) is 2.60. The number of pyridine rings is 1. The SMILES string of the molecule is CCOCc1cccc(NC(=O)c2ccc(-c3ccccc3)[nH]c2=O)c1. The van der Waals surface area contributed by atoms with Crippen LogP contribution in [-0.2, 0) is 11.3 Å². The number of H-pyrrole nitrogens is 1. The number of rotatable bonds is 6. The first-order valence-corrected chi connectivity index (χ1v) is 8.44. The van der Waals surface area contributed by atoms with E-state index in [0.29, 0.717) is 24.6 Å². The van der Waals surface area contributed by atoms with Crippen molar-refractivity contribution in [2.24, 2.45) is 0 Å². The van der Waals surface area contributed by atoms with E-state index in [9.17, 15) is 9.59 Å². The lowest BCUT2D eigenvalue weighted by atomic mass is 10.1. The summed E-state index contributed by atoms with van der Waals surface area (Å²) in [7, 11) is 0. The normalized spacial score (nSPS) is 10.5. The highest BCUT2D eigenvalue weighted by molar-refractivity contribution is 6.04. The van der Waals surface area contributed by atoms with E-state index in [-0.39, 0.29) is 5.56 Å². The highest BCUT2D eigenvalue weighted by Crippen LogP contribution is 2.16. The first-order chi connectivity index (χ1) is 12.7. The zero-order chi connectivity index (χ0) is 18.4. The minimum atomic E-state index is -0.445. The molecule has 0 aliphatic heterocycles. The van der Waals surface area contributed by atoms with Gasteiger partial charge in [0, 0.05) is 18.0 Å². The number of hydrogen-bond acceptors (Lipinski definition) is 3. The molecule has 3 rings (SSSR count). The van der Waals surface area contributed by atoms with Crippen LogP contribution in [0.5, 0.6) is 0 Å². The summed E-state index contributed by atoms with van der Waals surface area (Å²) in [6, 6.07) is 20.1. The zero-order valence-electron chi connectivity index (χ0n) is 14.5. The second-order valence-electron chi connectivity index (χ2n) is 5.77. The third-order valence-electron chi connectivity index (χ3n) is 3.90. The molecule has 2 N–H and O–H groups in total. The summed E-state index contributed by atoms with van der Waals surface area (Å²) >= 11 is 0. The Morgan fingerprint density at radius 2 is 1.85 bits per heavy atom. The van der Waals surface area contributed by atoms with Gasteiger partial charge in [-0.25, -0.2) is 0 Å². The van der Waals surface area contributed by atoms with Crippen molar-refractivity contribution in [1.29, 1.82) is 0 Å². The summed E-state index contributed by atoms with van der Waals surface area (Å²) in [5, 5.41) is 2.76. The molecular weight excluding hydrogens is 328 g/mol. The molecule has 0 aliphatic rings. The summed E-state index contributed by atoms with van der Waals surface area (Å²) in [5.41, 5.74) is 2.79. The fourth-order valence-corrected chi connectivity index (χ4v) is 2.60. The Hall–Kier alpha value is -3.18. The molecule has 1 amide bonds. The summed E-state index contributed by atoms with van der Waals surface area (Å²) < 4.78 is 5.37. The molecule has 26 heavy (non-hydrogen) atoms. The van der Waals surface area contributed by atoms with Crippen LogP contribution in [0, 0.1) is 0 Å². The molecule has 0 bridgehead atoms. The number of carbonyl (C=O) groups excluding carboxylic acids is 1. The monoisotopic (exact) mass is 348 g/mol. The largest absolute Gasteiger partial charge is 0.377 e. The molecule has 0 radical (unpaired) electrons. The molecule has 0 unspecified atom stereocenters. The average molecular weight is 348 g/mol. The fraction of sp³-hybridized carbons (Fsp3) is 0.143. The van der Waals surface area contributed by atoms with Crippen molar-refractivity contribution < 1.29 is 9.53 Å². The van der Waals surface area contributed by atoms with Crippen LogP contribution in [-0.4, -0.2) is 17.5 Å². The number of benzene rings is 2. The average Bonchev–Trinajstić information content (AvgIpc) is 2.67. The van der Waals surface area contributed by atoms with Crippen molar-refractivity contribution in [1.82, 2.24) is 4.98 Å². The topological polar surface area (TPSA) is 71.2 Å². The number of amides is 1. The van der Waals surface area contributed by atoms with Gasteiger partial charge in [0.1, 0.15) is 5.56 Å². The maximum Gasteiger partial charge on any atom is 0.261 e. The van der Waals surface area contributed by atoms with Crippen LogP contribution in [0.15, 0.2) is 71.5 Å². The molecule has 1 aromatic heterocycles. The lowest BCUT2D eigenvalue weighted by Crippen LogP contribution is -2.23. The van der Waals surface area contributed by atoms with Gasteiger partial charge in [-0.05, 0) is 42.3 Å². The predicted octanol–water partition coefficient (Wildman–Crippen LogP) is 3.83. The van der Waals surface area contributed by atoms with Crippen molar-refractivity contribution in [2.45, 2.75) is 13.5 Å². The number of anilines is 1. The Kier molecular flexibility index (Phi) is 5.61. The highest BCUT2D eigenvalue weighted by atomic mass is 16.5. The summed E-state index contributed by atoms with van der Waals surface area (Å²) in [6.07, 6.45) is 0. The molecule has 2 aromatic carbocycles. The first-order valence-electron chi connectivity index (χ1n) is 8.44. The summed E-state index contributed by atoms with van der Waals surface area (Å²) in [4.78, 5) is 27.5. The van der Waals surface area contributed by atoms with Crippen molar-refractivity contribution in [3.05, 3.63) is 88.2 Å². The third-order valence-corrected chi connectivity index (χ3v) is 3.90. The number of ether oxygens (including phenoxy) is 1. The van der Waals surface area contributed by atoms with Gasteiger partial charge in [-0.2, -0.15) is 0 Å². The van der Waals surface area contributed by atoms with Gasteiger partial charge in [0.25, 0.3) is 11.5 Å². The summed E-state index contributed by atoms with van der Waals surface area (Å²) in [5.74, 6) is -0.445. The standard InChI is InChI=1S/C21H20N2O3/c1-2-26-14-15-7-6-10-17(13-15)22-20(24)18-11-12-19(23-21(18)25)16-8-4-3-5-9-16/h3-13H,2,14H2,1H3,(H,22,24)(H,23,25). The van der Waals surface area contributed by atoms with Gasteiger partial charge in [0.05, 0.1) is 6.61 Å². The minimum Gasteiger partial charge on any atom is -0.377 e. The van der Waals surface area contributed by atoms with Gasteiger partial charge >= 0.3 is 0 Å². The molecule has 0 saturated heterocycles. The Bertz CT molecular complexity index is 949. The molecule has 132 valence electrons. The van der Waals surface area contributed by atoms with E-state index >= 15 is 0 Å².